The standard InChI is InChI=1S/C45H47BN2S/c1-28-25-37-40-38(26-28)48(33-22-17-30(18-23-33)44(5,6)7)41-34-27-31(45(8,9)10)19-24-39(34)49-42(41)46(40)35-13-11-12-14-36(35)47(37)32-20-15-29(16-21-32)43(2,3)4/h11-27H,1-10H3. The highest BCUT2D eigenvalue weighted by Gasteiger charge is 2.45. The van der Waals surface area contributed by atoms with Crippen LogP contribution in [0.5, 0.6) is 0 Å². The van der Waals surface area contributed by atoms with Gasteiger partial charge >= 0.3 is 0 Å². The van der Waals surface area contributed by atoms with E-state index < -0.39 is 0 Å². The molecule has 246 valence electrons. The maximum atomic E-state index is 2.59. The van der Waals surface area contributed by atoms with Gasteiger partial charge in [-0.05, 0) is 111 Å². The summed E-state index contributed by atoms with van der Waals surface area (Å²) in [6.07, 6.45) is 0. The molecule has 2 aliphatic heterocycles. The van der Waals surface area contributed by atoms with Crippen molar-refractivity contribution in [2.24, 2.45) is 0 Å². The molecule has 0 amide bonds. The van der Waals surface area contributed by atoms with E-state index in [1.54, 1.807) is 0 Å². The maximum Gasteiger partial charge on any atom is 0.264 e. The Morgan fingerprint density at radius 3 is 1.61 bits per heavy atom. The van der Waals surface area contributed by atoms with E-state index in [1.807, 2.05) is 11.3 Å². The van der Waals surface area contributed by atoms with Crippen molar-refractivity contribution in [2.75, 3.05) is 9.80 Å². The van der Waals surface area contributed by atoms with Crippen molar-refractivity contribution in [3.63, 3.8) is 0 Å². The highest BCUT2D eigenvalue weighted by molar-refractivity contribution is 7.33. The van der Waals surface area contributed by atoms with E-state index in [1.165, 1.54) is 82.2 Å². The van der Waals surface area contributed by atoms with Crippen molar-refractivity contribution < 1.29 is 0 Å². The number of nitrogens with zero attached hydrogens (tertiary/aromatic N) is 2. The topological polar surface area (TPSA) is 6.48 Å². The average molecular weight is 659 g/mol. The van der Waals surface area contributed by atoms with Crippen molar-refractivity contribution in [2.45, 2.75) is 85.5 Å². The predicted octanol–water partition coefficient (Wildman–Crippen LogP) is 11.2. The summed E-state index contributed by atoms with van der Waals surface area (Å²) in [6, 6.07) is 39.7. The normalized spacial score (nSPS) is 14.2. The van der Waals surface area contributed by atoms with Crippen LogP contribution in [-0.4, -0.2) is 6.71 Å². The molecule has 0 bridgehead atoms. The number of rotatable bonds is 2. The maximum absolute atomic E-state index is 2.59. The molecule has 0 spiro atoms. The van der Waals surface area contributed by atoms with Crippen LogP contribution in [0.15, 0.2) is 103 Å². The van der Waals surface area contributed by atoms with E-state index in [9.17, 15) is 0 Å². The Labute approximate surface area is 297 Å². The molecule has 8 rings (SSSR count). The molecule has 5 aromatic carbocycles. The third-order valence-electron chi connectivity index (χ3n) is 10.6. The van der Waals surface area contributed by atoms with Gasteiger partial charge in [0.2, 0.25) is 0 Å². The molecular weight excluding hydrogens is 611 g/mol. The van der Waals surface area contributed by atoms with Gasteiger partial charge < -0.3 is 9.80 Å². The summed E-state index contributed by atoms with van der Waals surface area (Å²) in [7, 11) is 0. The van der Waals surface area contributed by atoms with Gasteiger partial charge in [0, 0.05) is 43.3 Å². The number of thiophene rings is 1. The van der Waals surface area contributed by atoms with E-state index in [-0.39, 0.29) is 23.0 Å². The molecule has 3 heterocycles. The molecule has 0 unspecified atom stereocenters. The van der Waals surface area contributed by atoms with E-state index in [2.05, 4.69) is 182 Å². The number of anilines is 6. The summed E-state index contributed by atoms with van der Waals surface area (Å²) >= 11 is 1.97. The Bertz CT molecular complexity index is 2240. The molecule has 2 nitrogen and oxygen atoms in total. The first-order valence-electron chi connectivity index (χ1n) is 17.7. The lowest BCUT2D eigenvalue weighted by Crippen LogP contribution is -2.60. The highest BCUT2D eigenvalue weighted by Crippen LogP contribution is 2.49. The highest BCUT2D eigenvalue weighted by atomic mass is 32.1. The lowest BCUT2D eigenvalue weighted by Gasteiger charge is -2.43. The van der Waals surface area contributed by atoms with Gasteiger partial charge in [-0.2, -0.15) is 0 Å². The van der Waals surface area contributed by atoms with Gasteiger partial charge in [-0.15, -0.1) is 11.3 Å². The molecule has 0 saturated carbocycles. The number of hydrogen-bond acceptors (Lipinski definition) is 3. The van der Waals surface area contributed by atoms with Crippen LogP contribution in [0, 0.1) is 6.92 Å². The summed E-state index contributed by atoms with van der Waals surface area (Å²) < 4.78 is 2.77. The molecule has 0 radical (unpaired) electrons. The monoisotopic (exact) mass is 658 g/mol. The smallest absolute Gasteiger partial charge is 0.264 e. The summed E-state index contributed by atoms with van der Waals surface area (Å²) in [5, 5.41) is 1.35. The SMILES string of the molecule is Cc1cc2c3c(c1)N(c1ccc(C(C)(C)C)cc1)c1c(sc4ccc(C(C)(C)C)cc14)B3c1ccccc1N2c1ccc(C(C)(C)C)cc1. The molecular formula is C45H47BN2S. The average Bonchev–Trinajstić information content (AvgIpc) is 3.42. The number of benzene rings is 5. The van der Waals surface area contributed by atoms with Gasteiger partial charge in [-0.1, -0.05) is 111 Å². The van der Waals surface area contributed by atoms with E-state index in [0.29, 0.717) is 0 Å². The largest absolute Gasteiger partial charge is 0.311 e. The first-order valence-corrected chi connectivity index (χ1v) is 18.5. The number of para-hydroxylation sites is 1. The Morgan fingerprint density at radius 2 is 1.04 bits per heavy atom. The molecule has 6 aromatic rings. The molecule has 0 N–H and O–H groups in total. The summed E-state index contributed by atoms with van der Waals surface area (Å²) in [4.78, 5) is 5.10. The summed E-state index contributed by atoms with van der Waals surface area (Å²) in [5.41, 5.74) is 15.9. The molecule has 0 atom stereocenters. The lowest BCUT2D eigenvalue weighted by atomic mass is 9.36. The Hall–Kier alpha value is -4.28. The second kappa shape index (κ2) is 10.9. The minimum atomic E-state index is 0.0546. The second-order valence-electron chi connectivity index (χ2n) is 17.2. The first kappa shape index (κ1) is 32.0. The van der Waals surface area contributed by atoms with Crippen molar-refractivity contribution in [3.8, 4) is 0 Å². The van der Waals surface area contributed by atoms with Crippen molar-refractivity contribution in [3.05, 3.63) is 125 Å². The van der Waals surface area contributed by atoms with Crippen LogP contribution in [0.3, 0.4) is 0 Å². The first-order chi connectivity index (χ1) is 23.1. The second-order valence-corrected chi connectivity index (χ2v) is 18.3. The van der Waals surface area contributed by atoms with E-state index in [0.717, 1.165) is 0 Å². The van der Waals surface area contributed by atoms with Crippen molar-refractivity contribution in [1.29, 1.82) is 0 Å². The molecule has 0 saturated heterocycles. The zero-order valence-corrected chi connectivity index (χ0v) is 31.5. The quantitative estimate of drug-likeness (QED) is 0.171. The fourth-order valence-corrected chi connectivity index (χ4v) is 9.10. The molecule has 0 fully saturated rings. The Kier molecular flexibility index (Phi) is 7.08. The number of hydrogen-bond donors (Lipinski definition) is 0. The van der Waals surface area contributed by atoms with Crippen LogP contribution >= 0.6 is 11.3 Å². The van der Waals surface area contributed by atoms with Gasteiger partial charge in [-0.25, -0.2) is 0 Å². The zero-order chi connectivity index (χ0) is 34.6. The lowest BCUT2D eigenvalue weighted by molar-refractivity contribution is 0.590. The fraction of sp³-hybridized carbons (Fsp3) is 0.289. The summed E-state index contributed by atoms with van der Waals surface area (Å²) in [5.74, 6) is 0. The van der Waals surface area contributed by atoms with Crippen molar-refractivity contribution >= 4 is 78.0 Å². The molecule has 1 aromatic heterocycles. The Balaban J connectivity index is 1.44. The molecule has 2 aliphatic rings. The van der Waals surface area contributed by atoms with Gasteiger partial charge in [0.05, 0.1) is 5.69 Å². The zero-order valence-electron chi connectivity index (χ0n) is 30.7. The minimum Gasteiger partial charge on any atom is -0.311 e. The van der Waals surface area contributed by atoms with Gasteiger partial charge in [0.15, 0.2) is 0 Å². The molecule has 49 heavy (non-hydrogen) atoms. The van der Waals surface area contributed by atoms with Crippen LogP contribution in [0.2, 0.25) is 0 Å². The third kappa shape index (κ3) is 5.14. The molecule has 4 heteroatoms. The third-order valence-corrected chi connectivity index (χ3v) is 11.8. The molecule has 0 aliphatic carbocycles. The van der Waals surface area contributed by atoms with E-state index >= 15 is 0 Å². The van der Waals surface area contributed by atoms with Crippen LogP contribution < -0.4 is 25.5 Å². The van der Waals surface area contributed by atoms with Crippen molar-refractivity contribution in [1.82, 2.24) is 0 Å². The predicted molar refractivity (Wildman–Crippen MR) is 217 cm³/mol. The number of fused-ring (bicyclic) bond motifs is 6. The van der Waals surface area contributed by atoms with Gasteiger partial charge in [0.1, 0.15) is 0 Å². The minimum absolute atomic E-state index is 0.0546. The van der Waals surface area contributed by atoms with E-state index in [4.69, 9.17) is 0 Å². The summed E-state index contributed by atoms with van der Waals surface area (Å²) in [6.45, 7) is 23.1. The van der Waals surface area contributed by atoms with Crippen LogP contribution in [0.4, 0.5) is 34.1 Å². The van der Waals surface area contributed by atoms with Crippen LogP contribution in [0.25, 0.3) is 10.1 Å². The van der Waals surface area contributed by atoms with Crippen LogP contribution in [-0.2, 0) is 16.2 Å². The van der Waals surface area contributed by atoms with Gasteiger partial charge in [0.25, 0.3) is 6.71 Å². The Morgan fingerprint density at radius 1 is 0.531 bits per heavy atom. The number of aryl methyl sites for hydroxylation is 1. The van der Waals surface area contributed by atoms with Gasteiger partial charge in [-0.3, -0.25) is 0 Å². The fourth-order valence-electron chi connectivity index (χ4n) is 7.80. The van der Waals surface area contributed by atoms with Crippen LogP contribution in [0.1, 0.15) is 84.6 Å².